The third-order valence-electron chi connectivity index (χ3n) is 7.96. The van der Waals surface area contributed by atoms with E-state index in [2.05, 4.69) is 10.3 Å². The van der Waals surface area contributed by atoms with Crippen LogP contribution in [-0.2, 0) is 34.2 Å². The molecule has 2 aromatic carbocycles. The number of nitrogens with one attached hydrogen (secondary N) is 1. The Hall–Kier alpha value is -3.49. The molecule has 4 aromatic rings. The van der Waals surface area contributed by atoms with Gasteiger partial charge in [0.25, 0.3) is 0 Å². The van der Waals surface area contributed by atoms with Crippen LogP contribution in [-0.4, -0.2) is 63.1 Å². The van der Waals surface area contributed by atoms with Gasteiger partial charge in [0.05, 0.1) is 45.0 Å². The number of carbonyl (C=O) groups is 1. The number of amides is 1. The van der Waals surface area contributed by atoms with Crippen molar-refractivity contribution >= 4 is 44.6 Å². The zero-order valence-electron chi connectivity index (χ0n) is 27.9. The number of benzene rings is 2. The van der Waals surface area contributed by atoms with E-state index in [1.807, 2.05) is 70.3 Å². The van der Waals surface area contributed by atoms with Gasteiger partial charge in [0.15, 0.2) is 0 Å². The molecule has 0 radical (unpaired) electrons. The molecule has 48 heavy (non-hydrogen) atoms. The molecule has 0 bridgehead atoms. The Morgan fingerprint density at radius 2 is 1.81 bits per heavy atom. The van der Waals surface area contributed by atoms with Crippen LogP contribution in [0.15, 0.2) is 76.0 Å². The van der Waals surface area contributed by atoms with Gasteiger partial charge in [-0.2, -0.15) is 4.31 Å². The Bertz CT molecular complexity index is 1840. The highest BCUT2D eigenvalue weighted by Gasteiger charge is 2.34. The molecule has 0 aliphatic heterocycles. The average Bonchev–Trinajstić information content (AvgIpc) is 3.64. The number of hydrogen-bond donors (Lipinski definition) is 3. The highest BCUT2D eigenvalue weighted by molar-refractivity contribution is 7.89. The Kier molecular flexibility index (Phi) is 12.7. The van der Waals surface area contributed by atoms with Crippen molar-refractivity contribution in [2.45, 2.75) is 77.1 Å². The molecule has 2 aromatic heterocycles. The van der Waals surface area contributed by atoms with Crippen molar-refractivity contribution in [1.82, 2.24) is 23.7 Å². The van der Waals surface area contributed by atoms with Crippen molar-refractivity contribution in [3.05, 3.63) is 98.1 Å². The van der Waals surface area contributed by atoms with Gasteiger partial charge in [-0.15, -0.1) is 11.3 Å². The average molecular weight is 717 g/mol. The van der Waals surface area contributed by atoms with Crippen LogP contribution in [0.2, 0.25) is 5.02 Å². The summed E-state index contributed by atoms with van der Waals surface area (Å²) in [7, 11) is -4.10. The molecular formula is C34H45ClN6O5S2. The number of nitrogen functional groups attached to an aromatic ring is 1. The van der Waals surface area contributed by atoms with Gasteiger partial charge >= 0.3 is 5.69 Å². The van der Waals surface area contributed by atoms with E-state index in [1.54, 1.807) is 23.7 Å². The van der Waals surface area contributed by atoms with Gasteiger partial charge in [0.1, 0.15) is 6.04 Å². The number of carbonyl (C=O) groups excluding carboxylic acids is 1. The van der Waals surface area contributed by atoms with Crippen molar-refractivity contribution in [2.24, 2.45) is 11.8 Å². The van der Waals surface area contributed by atoms with Crippen LogP contribution in [0.5, 0.6) is 0 Å². The number of nitrogens with zero attached hydrogens (tertiary/aromatic N) is 4. The first-order valence-electron chi connectivity index (χ1n) is 16.0. The van der Waals surface area contributed by atoms with Crippen LogP contribution in [0.1, 0.15) is 56.9 Å². The Morgan fingerprint density at radius 3 is 2.42 bits per heavy atom. The van der Waals surface area contributed by atoms with Gasteiger partial charge in [-0.3, -0.25) is 13.9 Å². The molecule has 1 amide bonds. The quantitative estimate of drug-likeness (QED) is 0.144. The summed E-state index contributed by atoms with van der Waals surface area (Å²) in [6, 6.07) is 11.6. The second-order valence-corrected chi connectivity index (χ2v) is 16.0. The summed E-state index contributed by atoms with van der Waals surface area (Å²) >= 11 is 7.60. The molecule has 0 unspecified atom stereocenters. The maximum Gasteiger partial charge on any atom is 0.329 e. The molecule has 0 fully saturated rings. The number of aliphatic hydroxyl groups is 1. The third kappa shape index (κ3) is 9.14. The largest absolute Gasteiger partial charge is 0.397 e. The Labute approximate surface area is 291 Å². The smallest absolute Gasteiger partial charge is 0.329 e. The summed E-state index contributed by atoms with van der Waals surface area (Å²) in [5.41, 5.74) is 7.31. The zero-order valence-corrected chi connectivity index (χ0v) is 30.3. The number of halogens is 1. The van der Waals surface area contributed by atoms with E-state index >= 15 is 0 Å². The monoisotopic (exact) mass is 716 g/mol. The van der Waals surface area contributed by atoms with Crippen LogP contribution in [0.25, 0.3) is 0 Å². The van der Waals surface area contributed by atoms with E-state index in [4.69, 9.17) is 17.3 Å². The molecule has 14 heteroatoms. The number of sulfonamides is 1. The topological polar surface area (TPSA) is 153 Å². The van der Waals surface area contributed by atoms with Crippen LogP contribution in [0, 0.1) is 11.8 Å². The van der Waals surface area contributed by atoms with Gasteiger partial charge in [-0.1, -0.05) is 76.6 Å². The van der Waals surface area contributed by atoms with Crippen molar-refractivity contribution in [1.29, 1.82) is 0 Å². The standard InChI is InChI=1S/C34H45ClN6O5S2/c1-6-31-37-25(21-47-31)19-39-14-15-41(34(39)44)32(23(4)5)33(43)38-29(16-24-10-8-7-9-11-24)30(42)20-40(18-22(2)3)48(45,46)26-12-13-27(35)28(36)17-26/h7-15,17,21-23,29-30,32,42H,6,16,18-20,36H2,1-5H3,(H,38,43)/t29-,30+,32-/m0/s1. The molecule has 4 N–H and O–H groups in total. The predicted octanol–water partition coefficient (Wildman–Crippen LogP) is 4.59. The minimum atomic E-state index is -4.10. The fraction of sp³-hybridized carbons (Fsp3) is 0.441. The summed E-state index contributed by atoms with van der Waals surface area (Å²) in [5, 5.41) is 17.8. The molecule has 0 aliphatic carbocycles. The van der Waals surface area contributed by atoms with E-state index < -0.39 is 34.1 Å². The highest BCUT2D eigenvalue weighted by atomic mass is 35.5. The van der Waals surface area contributed by atoms with E-state index in [9.17, 15) is 23.1 Å². The number of thiazole rings is 1. The van der Waals surface area contributed by atoms with Gasteiger partial charge in [-0.25, -0.2) is 18.2 Å². The van der Waals surface area contributed by atoms with Crippen molar-refractivity contribution < 1.29 is 18.3 Å². The molecule has 2 heterocycles. The summed E-state index contributed by atoms with van der Waals surface area (Å²) in [6.07, 6.45) is 2.96. The van der Waals surface area contributed by atoms with Crippen molar-refractivity contribution in [2.75, 3.05) is 18.8 Å². The van der Waals surface area contributed by atoms with Crippen LogP contribution in [0.3, 0.4) is 0 Å². The first-order valence-corrected chi connectivity index (χ1v) is 18.7. The zero-order chi connectivity index (χ0) is 35.2. The van der Waals surface area contributed by atoms with E-state index in [-0.39, 0.29) is 59.2 Å². The summed E-state index contributed by atoms with van der Waals surface area (Å²) in [6.45, 7) is 9.57. The maximum absolute atomic E-state index is 14.0. The molecule has 4 rings (SSSR count). The molecule has 0 spiro atoms. The second kappa shape index (κ2) is 16.3. The highest BCUT2D eigenvalue weighted by Crippen LogP contribution is 2.26. The summed E-state index contributed by atoms with van der Waals surface area (Å²) in [4.78, 5) is 32.1. The SMILES string of the molecule is CCc1nc(Cn2ccn([C@H](C(=O)N[C@@H](Cc3ccccc3)[C@H](O)CN(CC(C)C)S(=O)(=O)c3ccc(Cl)c(N)c3)C(C)C)c2=O)cs1. The lowest BCUT2D eigenvalue weighted by atomic mass is 9.98. The molecule has 0 aliphatic rings. The minimum Gasteiger partial charge on any atom is -0.397 e. The fourth-order valence-electron chi connectivity index (χ4n) is 5.53. The molecule has 3 atom stereocenters. The molecule has 11 nitrogen and oxygen atoms in total. The van der Waals surface area contributed by atoms with E-state index in [0.29, 0.717) is 0 Å². The van der Waals surface area contributed by atoms with Crippen LogP contribution >= 0.6 is 22.9 Å². The minimum absolute atomic E-state index is 0.0479. The van der Waals surface area contributed by atoms with Gasteiger partial charge < -0.3 is 16.2 Å². The lowest BCUT2D eigenvalue weighted by Crippen LogP contribution is -2.53. The number of rotatable bonds is 16. The number of hydrogen-bond acceptors (Lipinski definition) is 8. The summed E-state index contributed by atoms with van der Waals surface area (Å²) in [5.74, 6) is -0.819. The van der Waals surface area contributed by atoms with E-state index in [1.165, 1.54) is 31.6 Å². The lowest BCUT2D eigenvalue weighted by molar-refractivity contribution is -0.127. The van der Waals surface area contributed by atoms with Crippen LogP contribution in [0.4, 0.5) is 5.69 Å². The summed E-state index contributed by atoms with van der Waals surface area (Å²) < 4.78 is 31.8. The normalized spacial score (nSPS) is 14.0. The number of imidazole rings is 1. The Morgan fingerprint density at radius 1 is 1.10 bits per heavy atom. The number of aryl methyl sites for hydroxylation is 1. The predicted molar refractivity (Wildman–Crippen MR) is 191 cm³/mol. The first kappa shape index (κ1) is 37.3. The molecule has 0 saturated carbocycles. The fourth-order valence-corrected chi connectivity index (χ4v) is 8.04. The molecule has 260 valence electrons. The first-order chi connectivity index (χ1) is 22.7. The van der Waals surface area contributed by atoms with Crippen molar-refractivity contribution in [3.63, 3.8) is 0 Å². The Balaban J connectivity index is 1.62. The number of anilines is 1. The van der Waals surface area contributed by atoms with E-state index in [0.717, 1.165) is 22.7 Å². The van der Waals surface area contributed by atoms with Crippen molar-refractivity contribution in [3.8, 4) is 0 Å². The molecule has 0 saturated heterocycles. The lowest BCUT2D eigenvalue weighted by Gasteiger charge is -2.32. The number of aromatic nitrogens is 3. The van der Waals surface area contributed by atoms with Gasteiger partial charge in [0.2, 0.25) is 15.9 Å². The third-order valence-corrected chi connectivity index (χ3v) is 11.2. The second-order valence-electron chi connectivity index (χ2n) is 12.7. The maximum atomic E-state index is 14.0. The number of nitrogens with two attached hydrogens (primary N) is 1. The van der Waals surface area contributed by atoms with Crippen LogP contribution < -0.4 is 16.7 Å². The van der Waals surface area contributed by atoms with Gasteiger partial charge in [0, 0.05) is 30.9 Å². The van der Waals surface area contributed by atoms with Gasteiger partial charge in [-0.05, 0) is 48.4 Å². The number of aliphatic hydroxyl groups excluding tert-OH is 1. The molecular weight excluding hydrogens is 672 g/mol.